The van der Waals surface area contributed by atoms with Gasteiger partial charge in [0.05, 0.1) is 9.90 Å². The van der Waals surface area contributed by atoms with Gasteiger partial charge >= 0.3 is 6.03 Å². The first-order valence-electron chi connectivity index (χ1n) is 7.38. The summed E-state index contributed by atoms with van der Waals surface area (Å²) < 4.78 is 27.7. The molecule has 0 aliphatic heterocycles. The summed E-state index contributed by atoms with van der Waals surface area (Å²) in [4.78, 5) is 17.1. The number of carbonyl (C=O) groups excluding carboxylic acids is 1. The average Bonchev–Trinajstić information content (AvgIpc) is 3.11. The van der Waals surface area contributed by atoms with Gasteiger partial charge in [0.25, 0.3) is 10.0 Å². The van der Waals surface area contributed by atoms with Crippen molar-refractivity contribution in [3.63, 3.8) is 0 Å². The molecule has 25 heavy (non-hydrogen) atoms. The van der Waals surface area contributed by atoms with Crippen LogP contribution in [0.15, 0.2) is 14.5 Å². The number of nitrogens with one attached hydrogen (secondary N) is 2. The van der Waals surface area contributed by atoms with Crippen LogP contribution in [-0.4, -0.2) is 37.4 Å². The summed E-state index contributed by atoms with van der Waals surface area (Å²) >= 11 is 3.89. The fourth-order valence-electron chi connectivity index (χ4n) is 2.04. The van der Waals surface area contributed by atoms with E-state index in [0.717, 1.165) is 38.1 Å². The number of aliphatic hydroxyl groups excluding tert-OH is 1. The molecule has 3 N–H and O–H groups in total. The van der Waals surface area contributed by atoms with Crippen molar-refractivity contribution in [2.24, 2.45) is 0 Å². The van der Waals surface area contributed by atoms with Crippen LogP contribution in [0, 0.1) is 6.92 Å². The van der Waals surface area contributed by atoms with E-state index in [1.165, 1.54) is 29.2 Å². The largest absolute Gasteiger partial charge is 0.396 e. The summed E-state index contributed by atoms with van der Waals surface area (Å²) in [5.74, 6) is 0. The van der Waals surface area contributed by atoms with Gasteiger partial charge in [-0.2, -0.15) is 0 Å². The molecule has 11 heteroatoms. The van der Waals surface area contributed by atoms with E-state index < -0.39 is 16.1 Å². The first-order chi connectivity index (χ1) is 11.8. The van der Waals surface area contributed by atoms with Crippen LogP contribution in [0.1, 0.15) is 23.1 Å². The number of aryl methyl sites for hydroxylation is 2. The number of sulfonamides is 1. The quantitative estimate of drug-likeness (QED) is 0.593. The van der Waals surface area contributed by atoms with Crippen molar-refractivity contribution in [1.82, 2.24) is 9.71 Å². The lowest BCUT2D eigenvalue weighted by Crippen LogP contribution is -2.33. The molecule has 0 radical (unpaired) electrons. The molecule has 0 unspecified atom stereocenters. The molecule has 0 saturated heterocycles. The zero-order chi connectivity index (χ0) is 18.6. The van der Waals surface area contributed by atoms with Gasteiger partial charge in [0.15, 0.2) is 5.13 Å². The number of hydrogen-bond donors (Lipinski definition) is 3. The van der Waals surface area contributed by atoms with Gasteiger partial charge in [-0.3, -0.25) is 5.32 Å². The standard InChI is InChI=1S/C14H19N3O4S4/c1-4-9-12(22-3)24-14(15-9)16-13(19)17-25(20,21)11-7-8(2)10(23-11)5-6-18/h7,18H,4-6H2,1-3H3,(H2,15,16,17,19). The Bertz CT molecular complexity index is 836. The third-order valence-corrected chi connectivity index (χ3v) is 8.50. The molecule has 0 spiro atoms. The van der Waals surface area contributed by atoms with Crippen molar-refractivity contribution in [2.75, 3.05) is 18.2 Å². The number of urea groups is 1. The summed E-state index contributed by atoms with van der Waals surface area (Å²) in [6.45, 7) is 3.68. The fraction of sp³-hybridized carbons (Fsp3) is 0.429. The monoisotopic (exact) mass is 421 g/mol. The van der Waals surface area contributed by atoms with Gasteiger partial charge in [0.1, 0.15) is 4.21 Å². The number of amides is 2. The third-order valence-electron chi connectivity index (χ3n) is 3.23. The van der Waals surface area contributed by atoms with Gasteiger partial charge in [-0.15, -0.1) is 23.1 Å². The average molecular weight is 422 g/mol. The summed E-state index contributed by atoms with van der Waals surface area (Å²) in [6.07, 6.45) is 3.04. The predicted octanol–water partition coefficient (Wildman–Crippen LogP) is 2.84. The lowest BCUT2D eigenvalue weighted by atomic mass is 10.2. The lowest BCUT2D eigenvalue weighted by molar-refractivity contribution is 0.256. The highest BCUT2D eigenvalue weighted by Gasteiger charge is 2.22. The second-order valence-corrected chi connectivity index (χ2v) is 10.1. The highest BCUT2D eigenvalue weighted by molar-refractivity contribution is 8.00. The Labute approximate surface area is 158 Å². The summed E-state index contributed by atoms with van der Waals surface area (Å²) in [7, 11) is -3.97. The number of hydrogen-bond acceptors (Lipinski definition) is 8. The second kappa shape index (κ2) is 8.49. The molecule has 0 aliphatic rings. The number of carbonyl (C=O) groups is 1. The summed E-state index contributed by atoms with van der Waals surface area (Å²) in [6, 6.07) is 0.647. The maximum absolute atomic E-state index is 12.3. The van der Waals surface area contributed by atoms with E-state index in [1.807, 2.05) is 17.9 Å². The zero-order valence-electron chi connectivity index (χ0n) is 14.0. The van der Waals surface area contributed by atoms with E-state index in [0.29, 0.717) is 11.6 Å². The third kappa shape index (κ3) is 4.94. The number of rotatable bonds is 7. The van der Waals surface area contributed by atoms with Crippen LogP contribution in [0.5, 0.6) is 0 Å². The Hall–Kier alpha value is -1.14. The minimum atomic E-state index is -3.97. The van der Waals surface area contributed by atoms with Crippen molar-refractivity contribution in [3.05, 3.63) is 22.2 Å². The number of thiazole rings is 1. The molecule has 2 heterocycles. The van der Waals surface area contributed by atoms with E-state index in [9.17, 15) is 13.2 Å². The maximum Gasteiger partial charge on any atom is 0.334 e. The van der Waals surface area contributed by atoms with Crippen molar-refractivity contribution in [1.29, 1.82) is 0 Å². The lowest BCUT2D eigenvalue weighted by Gasteiger charge is -2.04. The zero-order valence-corrected chi connectivity index (χ0v) is 17.2. The Balaban J connectivity index is 2.11. The van der Waals surface area contributed by atoms with E-state index in [4.69, 9.17) is 5.11 Å². The van der Waals surface area contributed by atoms with Crippen molar-refractivity contribution < 1.29 is 18.3 Å². The highest BCUT2D eigenvalue weighted by atomic mass is 32.2. The van der Waals surface area contributed by atoms with Crippen molar-refractivity contribution >= 4 is 55.6 Å². The van der Waals surface area contributed by atoms with Crippen LogP contribution < -0.4 is 10.0 Å². The molecule has 2 aromatic heterocycles. The van der Waals surface area contributed by atoms with Gasteiger partial charge < -0.3 is 5.11 Å². The molecule has 7 nitrogen and oxygen atoms in total. The number of nitrogens with zero attached hydrogens (tertiary/aromatic N) is 1. The summed E-state index contributed by atoms with van der Waals surface area (Å²) in [5, 5.41) is 11.8. The molecule has 138 valence electrons. The molecule has 0 atom stereocenters. The van der Waals surface area contributed by atoms with Gasteiger partial charge in [-0.1, -0.05) is 18.3 Å². The van der Waals surface area contributed by atoms with Gasteiger partial charge in [0, 0.05) is 17.9 Å². The normalized spacial score (nSPS) is 11.5. The molecular weight excluding hydrogens is 402 g/mol. The van der Waals surface area contributed by atoms with Crippen LogP contribution in [0.25, 0.3) is 0 Å². The number of thiophene rings is 1. The smallest absolute Gasteiger partial charge is 0.334 e. The van der Waals surface area contributed by atoms with E-state index >= 15 is 0 Å². The number of anilines is 1. The molecule has 0 aromatic carbocycles. The van der Waals surface area contributed by atoms with Gasteiger partial charge in [0.2, 0.25) is 0 Å². The SMILES string of the molecule is CCc1nc(NC(=O)NS(=O)(=O)c2cc(C)c(CCO)s2)sc1SC. The molecule has 0 bridgehead atoms. The predicted molar refractivity (Wildman–Crippen MR) is 102 cm³/mol. The van der Waals surface area contributed by atoms with Crippen LogP contribution in [0.3, 0.4) is 0 Å². The van der Waals surface area contributed by atoms with Crippen LogP contribution in [0.4, 0.5) is 9.93 Å². The van der Waals surface area contributed by atoms with Crippen molar-refractivity contribution in [3.8, 4) is 0 Å². The topological polar surface area (TPSA) is 108 Å². The molecule has 0 saturated carbocycles. The molecule has 2 rings (SSSR count). The Morgan fingerprint density at radius 3 is 2.68 bits per heavy atom. The fourth-order valence-corrected chi connectivity index (χ4v) is 6.30. The second-order valence-electron chi connectivity index (χ2n) is 5.02. The van der Waals surface area contributed by atoms with E-state index in [2.05, 4.69) is 10.3 Å². The Kier molecular flexibility index (Phi) is 6.86. The van der Waals surface area contributed by atoms with Gasteiger partial charge in [-0.25, -0.2) is 22.9 Å². The van der Waals surface area contributed by atoms with Crippen molar-refractivity contribution in [2.45, 2.75) is 35.1 Å². The minimum Gasteiger partial charge on any atom is -0.396 e. The number of aromatic nitrogens is 1. The van der Waals surface area contributed by atoms with E-state index in [-0.39, 0.29) is 10.8 Å². The Morgan fingerprint density at radius 1 is 1.40 bits per heavy atom. The molecule has 2 aromatic rings. The minimum absolute atomic E-state index is 0.0433. The first kappa shape index (κ1) is 20.2. The first-order valence-corrected chi connectivity index (χ1v) is 11.7. The summed E-state index contributed by atoms with van der Waals surface area (Å²) in [5.41, 5.74) is 1.65. The van der Waals surface area contributed by atoms with Crippen LogP contribution >= 0.6 is 34.4 Å². The highest BCUT2D eigenvalue weighted by Crippen LogP contribution is 2.31. The van der Waals surface area contributed by atoms with Gasteiger partial charge in [-0.05, 0) is 31.2 Å². The number of thioether (sulfide) groups is 1. The van der Waals surface area contributed by atoms with Crippen LogP contribution in [0.2, 0.25) is 0 Å². The maximum atomic E-state index is 12.3. The van der Waals surface area contributed by atoms with E-state index in [1.54, 1.807) is 6.92 Å². The molecule has 2 amide bonds. The molecule has 0 aliphatic carbocycles. The number of aliphatic hydroxyl groups is 1. The molecule has 0 fully saturated rings. The molecular formula is C14H19N3O4S4. The Morgan fingerprint density at radius 2 is 2.12 bits per heavy atom. The van der Waals surface area contributed by atoms with Crippen LogP contribution in [-0.2, 0) is 22.9 Å².